The van der Waals surface area contributed by atoms with Crippen molar-refractivity contribution < 1.29 is 9.59 Å². The van der Waals surface area contributed by atoms with E-state index in [1.165, 1.54) is 24.8 Å². The average molecular weight is 488 g/mol. The van der Waals surface area contributed by atoms with E-state index in [4.69, 9.17) is 0 Å². The van der Waals surface area contributed by atoms with Crippen LogP contribution in [0.1, 0.15) is 71.6 Å². The number of hydrogen-bond acceptors (Lipinski definition) is 3. The number of likely N-dealkylation sites (tertiary alicyclic amines) is 2. The smallest absolute Gasteiger partial charge is 0.254 e. The molecule has 36 heavy (non-hydrogen) atoms. The molecule has 5 nitrogen and oxygen atoms in total. The van der Waals surface area contributed by atoms with Gasteiger partial charge in [0.2, 0.25) is 5.91 Å². The van der Waals surface area contributed by atoms with E-state index < -0.39 is 0 Å². The molecule has 2 saturated heterocycles. The van der Waals surface area contributed by atoms with Crippen molar-refractivity contribution in [3.8, 4) is 0 Å². The van der Waals surface area contributed by atoms with Crippen molar-refractivity contribution in [2.75, 3.05) is 32.7 Å². The first-order valence-corrected chi connectivity index (χ1v) is 13.9. The van der Waals surface area contributed by atoms with Gasteiger partial charge in [0.15, 0.2) is 0 Å². The maximum atomic E-state index is 13.3. The highest BCUT2D eigenvalue weighted by atomic mass is 16.2. The minimum absolute atomic E-state index is 0.0585. The molecule has 2 unspecified atom stereocenters. The summed E-state index contributed by atoms with van der Waals surface area (Å²) >= 11 is 0. The molecule has 2 aliphatic heterocycles. The molecule has 1 aliphatic carbocycles. The predicted octanol–water partition coefficient (Wildman–Crippen LogP) is 5.14. The van der Waals surface area contributed by atoms with Crippen LogP contribution in [-0.4, -0.2) is 54.3 Å². The number of nitrogens with zero attached hydrogens (tertiary/aromatic N) is 2. The standard InChI is InChI=1S/C31H41N3O2/c1-22-10-9-11-23(2)29(22)31(36)34-20-26-18-33(19-27(26)21-34)17-16-28(24-12-5-3-6-13-24)32-30(35)25-14-7-4-8-15-25/h3,5-6,9-13,25-28H,4,7-8,14-21H2,1-2H3,(H,32,35)/t26-,27?,28?/m0/s1. The van der Waals surface area contributed by atoms with Crippen molar-refractivity contribution in [1.29, 1.82) is 0 Å². The van der Waals surface area contributed by atoms with Gasteiger partial charge in [-0.05, 0) is 61.6 Å². The van der Waals surface area contributed by atoms with Gasteiger partial charge in [-0.1, -0.05) is 67.8 Å². The number of benzene rings is 2. The number of aryl methyl sites for hydroxylation is 2. The molecule has 1 N–H and O–H groups in total. The first-order valence-electron chi connectivity index (χ1n) is 13.9. The van der Waals surface area contributed by atoms with Gasteiger partial charge in [0.05, 0.1) is 6.04 Å². The summed E-state index contributed by atoms with van der Waals surface area (Å²) in [5.41, 5.74) is 4.22. The maximum Gasteiger partial charge on any atom is 0.254 e. The van der Waals surface area contributed by atoms with Crippen LogP contribution in [-0.2, 0) is 4.79 Å². The quantitative estimate of drug-likeness (QED) is 0.589. The highest BCUT2D eigenvalue weighted by Crippen LogP contribution is 2.33. The number of amides is 2. The summed E-state index contributed by atoms with van der Waals surface area (Å²) in [6, 6.07) is 16.6. The summed E-state index contributed by atoms with van der Waals surface area (Å²) in [6.07, 6.45) is 6.59. The van der Waals surface area contributed by atoms with Gasteiger partial charge in [-0.25, -0.2) is 0 Å². The zero-order valence-corrected chi connectivity index (χ0v) is 21.9. The summed E-state index contributed by atoms with van der Waals surface area (Å²) in [5, 5.41) is 3.41. The monoisotopic (exact) mass is 487 g/mol. The van der Waals surface area contributed by atoms with Crippen LogP contribution in [0.25, 0.3) is 0 Å². The number of fused-ring (bicyclic) bond motifs is 1. The lowest BCUT2D eigenvalue weighted by atomic mass is 9.88. The topological polar surface area (TPSA) is 52.7 Å². The zero-order valence-electron chi connectivity index (χ0n) is 21.9. The van der Waals surface area contributed by atoms with Gasteiger partial charge >= 0.3 is 0 Å². The van der Waals surface area contributed by atoms with Crippen molar-refractivity contribution in [1.82, 2.24) is 15.1 Å². The van der Waals surface area contributed by atoms with Gasteiger partial charge in [0.1, 0.15) is 0 Å². The molecular formula is C31H41N3O2. The minimum Gasteiger partial charge on any atom is -0.349 e. The van der Waals surface area contributed by atoms with E-state index in [1.54, 1.807) is 0 Å². The molecule has 0 spiro atoms. The van der Waals surface area contributed by atoms with Crippen LogP contribution < -0.4 is 5.32 Å². The van der Waals surface area contributed by atoms with Crippen LogP contribution in [0.5, 0.6) is 0 Å². The van der Waals surface area contributed by atoms with Gasteiger partial charge in [0, 0.05) is 44.2 Å². The lowest BCUT2D eigenvalue weighted by Gasteiger charge is -2.27. The largest absolute Gasteiger partial charge is 0.349 e. The third-order valence-corrected chi connectivity index (χ3v) is 8.77. The van der Waals surface area contributed by atoms with Gasteiger partial charge in [-0.2, -0.15) is 0 Å². The van der Waals surface area contributed by atoms with E-state index in [0.717, 1.165) is 68.7 Å². The van der Waals surface area contributed by atoms with Crippen LogP contribution in [0, 0.1) is 31.6 Å². The zero-order chi connectivity index (χ0) is 25.1. The van der Waals surface area contributed by atoms with Crippen LogP contribution in [0.15, 0.2) is 48.5 Å². The first kappa shape index (κ1) is 25.0. The Morgan fingerprint density at radius 2 is 1.50 bits per heavy atom. The van der Waals surface area contributed by atoms with E-state index in [9.17, 15) is 9.59 Å². The summed E-state index contributed by atoms with van der Waals surface area (Å²) < 4.78 is 0. The van der Waals surface area contributed by atoms with Gasteiger partial charge in [-0.15, -0.1) is 0 Å². The molecule has 1 saturated carbocycles. The molecule has 0 bridgehead atoms. The molecular weight excluding hydrogens is 446 g/mol. The van der Waals surface area contributed by atoms with Gasteiger partial charge in [0.25, 0.3) is 5.91 Å². The molecule has 2 amide bonds. The Labute approximate surface area is 216 Å². The van der Waals surface area contributed by atoms with Crippen LogP contribution >= 0.6 is 0 Å². The Hall–Kier alpha value is -2.66. The molecule has 0 radical (unpaired) electrons. The Kier molecular flexibility index (Phi) is 7.76. The summed E-state index contributed by atoms with van der Waals surface area (Å²) in [5.74, 6) is 1.70. The van der Waals surface area contributed by atoms with Crippen molar-refractivity contribution in [2.24, 2.45) is 17.8 Å². The van der Waals surface area contributed by atoms with Crippen molar-refractivity contribution in [3.63, 3.8) is 0 Å². The predicted molar refractivity (Wildman–Crippen MR) is 144 cm³/mol. The third-order valence-electron chi connectivity index (χ3n) is 8.77. The Morgan fingerprint density at radius 3 is 2.14 bits per heavy atom. The summed E-state index contributed by atoms with van der Waals surface area (Å²) in [6.45, 7) is 8.84. The van der Waals surface area contributed by atoms with Crippen molar-refractivity contribution in [3.05, 3.63) is 70.8 Å². The van der Waals surface area contributed by atoms with E-state index in [0.29, 0.717) is 11.8 Å². The van der Waals surface area contributed by atoms with Crippen LogP contribution in [0.3, 0.4) is 0 Å². The number of rotatable bonds is 7. The minimum atomic E-state index is 0.0585. The Balaban J connectivity index is 1.16. The number of nitrogens with one attached hydrogen (secondary N) is 1. The maximum absolute atomic E-state index is 13.3. The Morgan fingerprint density at radius 1 is 0.861 bits per heavy atom. The molecule has 5 rings (SSSR count). The number of carbonyl (C=O) groups excluding carboxylic acids is 2. The SMILES string of the molecule is Cc1cccc(C)c1C(=O)N1CC2CN(CCC(NC(=O)C3CCCCC3)c3ccccc3)C[C@H]2C1. The average Bonchev–Trinajstić information content (AvgIpc) is 3.46. The summed E-state index contributed by atoms with van der Waals surface area (Å²) in [4.78, 5) is 31.0. The fourth-order valence-electron chi connectivity index (χ4n) is 6.72. The molecule has 2 aromatic carbocycles. The van der Waals surface area contributed by atoms with E-state index in [1.807, 2.05) is 38.1 Å². The lowest BCUT2D eigenvalue weighted by Crippen LogP contribution is -2.37. The van der Waals surface area contributed by atoms with Crippen LogP contribution in [0.4, 0.5) is 0 Å². The second kappa shape index (κ2) is 11.2. The molecule has 3 atom stereocenters. The molecule has 2 aromatic rings. The molecule has 2 heterocycles. The fourth-order valence-corrected chi connectivity index (χ4v) is 6.72. The van der Waals surface area contributed by atoms with Crippen molar-refractivity contribution in [2.45, 2.75) is 58.4 Å². The van der Waals surface area contributed by atoms with E-state index >= 15 is 0 Å². The number of hydrogen-bond donors (Lipinski definition) is 1. The summed E-state index contributed by atoms with van der Waals surface area (Å²) in [7, 11) is 0. The molecule has 0 aromatic heterocycles. The Bertz CT molecular complexity index is 1030. The van der Waals surface area contributed by atoms with Crippen LogP contribution in [0.2, 0.25) is 0 Å². The molecule has 3 fully saturated rings. The normalized spacial score (nSPS) is 23.4. The van der Waals surface area contributed by atoms with Crippen molar-refractivity contribution >= 4 is 11.8 Å². The second-order valence-electron chi connectivity index (χ2n) is 11.4. The highest BCUT2D eigenvalue weighted by Gasteiger charge is 2.42. The number of carbonyl (C=O) groups is 2. The molecule has 192 valence electrons. The lowest BCUT2D eigenvalue weighted by molar-refractivity contribution is -0.126. The third kappa shape index (κ3) is 5.51. The second-order valence-corrected chi connectivity index (χ2v) is 11.4. The first-order chi connectivity index (χ1) is 17.5. The molecule has 5 heteroatoms. The van der Waals surface area contributed by atoms with Gasteiger partial charge < -0.3 is 15.1 Å². The van der Waals surface area contributed by atoms with Gasteiger partial charge in [-0.3, -0.25) is 9.59 Å². The van der Waals surface area contributed by atoms with E-state index in [-0.39, 0.29) is 23.8 Å². The van der Waals surface area contributed by atoms with E-state index in [2.05, 4.69) is 39.4 Å². The molecule has 3 aliphatic rings. The highest BCUT2D eigenvalue weighted by molar-refractivity contribution is 5.97. The fraction of sp³-hybridized carbons (Fsp3) is 0.548.